The molecule has 2 saturated heterocycles. The van der Waals surface area contributed by atoms with Gasteiger partial charge in [0.2, 0.25) is 0 Å². The number of halogens is 1. The van der Waals surface area contributed by atoms with Gasteiger partial charge in [-0.25, -0.2) is 4.79 Å². The summed E-state index contributed by atoms with van der Waals surface area (Å²) in [5, 5.41) is 9.55. The molecule has 2 aromatic rings. The van der Waals surface area contributed by atoms with Crippen molar-refractivity contribution in [3.63, 3.8) is 0 Å². The third-order valence-corrected chi connectivity index (χ3v) is 7.62. The molecule has 0 bridgehead atoms. The Morgan fingerprint density at radius 2 is 1.84 bits per heavy atom. The first kappa shape index (κ1) is 20.5. The van der Waals surface area contributed by atoms with Crippen LogP contribution in [0.25, 0.3) is 11.1 Å². The van der Waals surface area contributed by atoms with Gasteiger partial charge in [0.15, 0.2) is 0 Å². The maximum atomic E-state index is 12.6. The van der Waals surface area contributed by atoms with Crippen molar-refractivity contribution >= 4 is 23.5 Å². The van der Waals surface area contributed by atoms with Crippen LogP contribution in [-0.4, -0.2) is 47.7 Å². The summed E-state index contributed by atoms with van der Waals surface area (Å²) in [4.78, 5) is 25.7. The number of hydrogen-bond donors (Lipinski definition) is 1. The smallest absolute Gasteiger partial charge is 0.335 e. The first-order chi connectivity index (χ1) is 15.0. The molecule has 2 atom stereocenters. The van der Waals surface area contributed by atoms with Crippen molar-refractivity contribution in [3.8, 4) is 11.1 Å². The first-order valence-electron chi connectivity index (χ1n) is 11.0. The molecule has 31 heavy (non-hydrogen) atoms. The fraction of sp³-hybridized carbons (Fsp3) is 0.440. The van der Waals surface area contributed by atoms with Crippen LogP contribution in [0.1, 0.15) is 53.9 Å². The fourth-order valence-corrected chi connectivity index (χ4v) is 5.59. The Hall–Kier alpha value is -2.37. The molecule has 0 radical (unpaired) electrons. The van der Waals surface area contributed by atoms with Gasteiger partial charge >= 0.3 is 5.97 Å². The lowest BCUT2D eigenvalue weighted by Crippen LogP contribution is -2.44. The van der Waals surface area contributed by atoms with Crippen LogP contribution in [0.15, 0.2) is 42.5 Å². The molecule has 1 saturated carbocycles. The number of aromatic carboxylic acids is 1. The fourth-order valence-electron chi connectivity index (χ4n) is 5.30. The summed E-state index contributed by atoms with van der Waals surface area (Å²) in [6, 6.07) is 13.3. The van der Waals surface area contributed by atoms with E-state index in [4.69, 9.17) is 21.4 Å². The second kappa shape index (κ2) is 7.95. The van der Waals surface area contributed by atoms with Crippen molar-refractivity contribution in [3.05, 3.63) is 58.6 Å². The Morgan fingerprint density at radius 3 is 2.45 bits per heavy atom. The molecule has 0 unspecified atom stereocenters. The Balaban J connectivity index is 1.23. The van der Waals surface area contributed by atoms with Crippen LogP contribution in [0, 0.1) is 5.41 Å². The molecule has 1 amide bonds. The molecular weight excluding hydrogens is 414 g/mol. The number of carbonyl (C=O) groups is 2. The van der Waals surface area contributed by atoms with Crippen LogP contribution in [-0.2, 0) is 9.53 Å². The number of hydrogen-bond acceptors (Lipinski definition) is 3. The monoisotopic (exact) mass is 439 g/mol. The van der Waals surface area contributed by atoms with Crippen molar-refractivity contribution in [2.24, 2.45) is 5.41 Å². The SMILES string of the molecule is O=C(O)c1ccc(-c2ccc([C@@H]3CC34CCN(C(=O)[C@H]3CCCO3)CC4)cc2)c(Cl)c1. The van der Waals surface area contributed by atoms with Gasteiger partial charge in [-0.3, -0.25) is 4.79 Å². The quantitative estimate of drug-likeness (QED) is 0.729. The predicted octanol–water partition coefficient (Wildman–Crippen LogP) is 4.98. The Bertz CT molecular complexity index is 1000. The average molecular weight is 440 g/mol. The van der Waals surface area contributed by atoms with Gasteiger partial charge < -0.3 is 14.7 Å². The molecule has 1 spiro atoms. The Labute approximate surface area is 187 Å². The van der Waals surface area contributed by atoms with Gasteiger partial charge in [-0.1, -0.05) is 41.9 Å². The summed E-state index contributed by atoms with van der Waals surface area (Å²) >= 11 is 6.32. The van der Waals surface area contributed by atoms with E-state index < -0.39 is 5.97 Å². The average Bonchev–Trinajstić information content (AvgIpc) is 3.20. The number of carbonyl (C=O) groups excluding carboxylic acids is 1. The van der Waals surface area contributed by atoms with Crippen LogP contribution in [0.5, 0.6) is 0 Å². The molecule has 2 aliphatic heterocycles. The highest BCUT2D eigenvalue weighted by molar-refractivity contribution is 6.33. The number of carboxylic acid groups (broad SMARTS) is 1. The molecule has 3 fully saturated rings. The van der Waals surface area contributed by atoms with Crippen LogP contribution in [0.2, 0.25) is 5.02 Å². The second-order valence-electron chi connectivity index (χ2n) is 9.07. The van der Waals surface area contributed by atoms with Gasteiger partial charge in [-0.15, -0.1) is 0 Å². The van der Waals surface area contributed by atoms with E-state index in [0.717, 1.165) is 49.9 Å². The molecule has 2 heterocycles. The Kier molecular flexibility index (Phi) is 5.27. The van der Waals surface area contributed by atoms with Crippen molar-refractivity contribution in [2.75, 3.05) is 19.7 Å². The third kappa shape index (κ3) is 3.85. The molecule has 0 aromatic heterocycles. The van der Waals surface area contributed by atoms with E-state index in [9.17, 15) is 9.59 Å². The lowest BCUT2D eigenvalue weighted by molar-refractivity contribution is -0.142. The normalized spacial score (nSPS) is 24.4. The highest BCUT2D eigenvalue weighted by atomic mass is 35.5. The number of amides is 1. The zero-order chi connectivity index (χ0) is 21.6. The number of ether oxygens (including phenoxy) is 1. The molecule has 5 nitrogen and oxygen atoms in total. The number of rotatable bonds is 4. The van der Waals surface area contributed by atoms with E-state index in [1.54, 1.807) is 12.1 Å². The van der Waals surface area contributed by atoms with Gasteiger partial charge in [0.05, 0.1) is 5.56 Å². The molecule has 3 aliphatic rings. The molecule has 1 aliphatic carbocycles. The van der Waals surface area contributed by atoms with Crippen LogP contribution >= 0.6 is 11.6 Å². The summed E-state index contributed by atoms with van der Waals surface area (Å²) < 4.78 is 5.57. The second-order valence-corrected chi connectivity index (χ2v) is 9.48. The highest BCUT2D eigenvalue weighted by Gasteiger charge is 2.55. The van der Waals surface area contributed by atoms with E-state index in [1.165, 1.54) is 18.1 Å². The largest absolute Gasteiger partial charge is 0.478 e. The van der Waals surface area contributed by atoms with Crippen molar-refractivity contribution in [2.45, 2.75) is 44.1 Å². The topological polar surface area (TPSA) is 66.8 Å². The van der Waals surface area contributed by atoms with Gasteiger partial charge in [-0.05, 0) is 66.7 Å². The number of likely N-dealkylation sites (tertiary alicyclic amines) is 1. The summed E-state index contributed by atoms with van der Waals surface area (Å²) in [5.74, 6) is -0.252. The summed E-state index contributed by atoms with van der Waals surface area (Å²) in [6.45, 7) is 2.37. The van der Waals surface area contributed by atoms with Crippen LogP contribution in [0.4, 0.5) is 0 Å². The maximum Gasteiger partial charge on any atom is 0.335 e. The van der Waals surface area contributed by atoms with Gasteiger partial charge in [0, 0.05) is 30.3 Å². The van der Waals surface area contributed by atoms with Crippen molar-refractivity contribution < 1.29 is 19.4 Å². The minimum Gasteiger partial charge on any atom is -0.478 e. The molecule has 2 aromatic carbocycles. The van der Waals surface area contributed by atoms with E-state index in [2.05, 4.69) is 24.3 Å². The highest BCUT2D eigenvalue weighted by Crippen LogP contribution is 2.65. The minimum atomic E-state index is -0.980. The lowest BCUT2D eigenvalue weighted by atomic mass is 9.88. The van der Waals surface area contributed by atoms with E-state index in [0.29, 0.717) is 23.0 Å². The maximum absolute atomic E-state index is 12.6. The Morgan fingerprint density at radius 1 is 1.10 bits per heavy atom. The zero-order valence-electron chi connectivity index (χ0n) is 17.4. The minimum absolute atomic E-state index is 0.180. The molecule has 6 heteroatoms. The lowest BCUT2D eigenvalue weighted by Gasteiger charge is -2.34. The zero-order valence-corrected chi connectivity index (χ0v) is 18.1. The molecule has 1 N–H and O–H groups in total. The van der Waals surface area contributed by atoms with Crippen molar-refractivity contribution in [1.82, 2.24) is 4.90 Å². The number of carboxylic acids is 1. The number of benzene rings is 2. The summed E-state index contributed by atoms with van der Waals surface area (Å²) in [5.41, 5.74) is 3.67. The third-order valence-electron chi connectivity index (χ3n) is 7.31. The van der Waals surface area contributed by atoms with Crippen LogP contribution in [0.3, 0.4) is 0 Å². The predicted molar refractivity (Wildman–Crippen MR) is 118 cm³/mol. The van der Waals surface area contributed by atoms with Gasteiger partial charge in [0.25, 0.3) is 5.91 Å². The van der Waals surface area contributed by atoms with Crippen LogP contribution < -0.4 is 0 Å². The van der Waals surface area contributed by atoms with Gasteiger partial charge in [-0.2, -0.15) is 0 Å². The molecule has 162 valence electrons. The standard InChI is InChI=1S/C25H26ClNO4/c26-21-14-18(24(29)30)7-8-19(21)16-3-5-17(6-4-16)20-15-25(20)9-11-27(12-10-25)23(28)22-2-1-13-31-22/h3-8,14,20,22H,1-2,9-13,15H2,(H,29,30)/t20-,22+/m0/s1. The summed E-state index contributed by atoms with van der Waals surface area (Å²) in [6.07, 6.45) is 4.93. The van der Waals surface area contributed by atoms with E-state index in [-0.39, 0.29) is 17.6 Å². The number of nitrogens with zero attached hydrogens (tertiary/aromatic N) is 1. The molecular formula is C25H26ClNO4. The first-order valence-corrected chi connectivity index (χ1v) is 11.4. The number of piperidine rings is 1. The molecule has 5 rings (SSSR count). The van der Waals surface area contributed by atoms with Gasteiger partial charge in [0.1, 0.15) is 6.10 Å². The van der Waals surface area contributed by atoms with E-state index >= 15 is 0 Å². The summed E-state index contributed by atoms with van der Waals surface area (Å²) in [7, 11) is 0. The van der Waals surface area contributed by atoms with E-state index in [1.807, 2.05) is 4.90 Å². The van der Waals surface area contributed by atoms with Crippen molar-refractivity contribution in [1.29, 1.82) is 0 Å².